The molecule has 0 spiro atoms. The molecule has 0 saturated carbocycles. The standard InChI is InChI=1S/C12H19NOS/c1-3-10(4-2)9-15(14)12-7-5-11(13)6-8-12/h5-8,10H,3-4,9,13H2,1-2H3. The fraction of sp³-hybridized carbons (Fsp3) is 0.500. The molecule has 2 N–H and O–H groups in total. The van der Waals surface area contributed by atoms with Crippen LogP contribution < -0.4 is 5.73 Å². The molecule has 15 heavy (non-hydrogen) atoms. The van der Waals surface area contributed by atoms with Gasteiger partial charge in [0, 0.05) is 16.3 Å². The number of nitrogen functional groups attached to an aromatic ring is 1. The summed E-state index contributed by atoms with van der Waals surface area (Å²) in [6, 6.07) is 7.32. The van der Waals surface area contributed by atoms with E-state index in [2.05, 4.69) is 13.8 Å². The Morgan fingerprint density at radius 2 is 1.73 bits per heavy atom. The summed E-state index contributed by atoms with van der Waals surface area (Å²) in [5, 5.41) is 0. The van der Waals surface area contributed by atoms with Gasteiger partial charge in [0.15, 0.2) is 0 Å². The summed E-state index contributed by atoms with van der Waals surface area (Å²) in [7, 11) is -0.877. The van der Waals surface area contributed by atoms with Gasteiger partial charge in [-0.1, -0.05) is 26.7 Å². The van der Waals surface area contributed by atoms with Gasteiger partial charge in [0.05, 0.1) is 10.8 Å². The molecule has 0 aliphatic carbocycles. The first-order valence-corrected chi connectivity index (χ1v) is 6.73. The maximum absolute atomic E-state index is 12.0. The SMILES string of the molecule is CCC(CC)CS(=O)c1ccc(N)cc1. The average molecular weight is 225 g/mol. The fourth-order valence-corrected chi connectivity index (χ4v) is 2.99. The molecule has 0 aromatic heterocycles. The quantitative estimate of drug-likeness (QED) is 0.783. The summed E-state index contributed by atoms with van der Waals surface area (Å²) >= 11 is 0. The summed E-state index contributed by atoms with van der Waals surface area (Å²) < 4.78 is 12.0. The van der Waals surface area contributed by atoms with Crippen molar-refractivity contribution in [2.45, 2.75) is 31.6 Å². The molecule has 3 heteroatoms. The molecule has 0 heterocycles. The minimum Gasteiger partial charge on any atom is -0.399 e. The predicted molar refractivity (Wildman–Crippen MR) is 66.2 cm³/mol. The fourth-order valence-electron chi connectivity index (χ4n) is 1.45. The third-order valence-corrected chi connectivity index (χ3v) is 4.26. The van der Waals surface area contributed by atoms with Crippen molar-refractivity contribution in [2.24, 2.45) is 5.92 Å². The van der Waals surface area contributed by atoms with Crippen LogP contribution in [0.25, 0.3) is 0 Å². The highest BCUT2D eigenvalue weighted by molar-refractivity contribution is 7.85. The summed E-state index contributed by atoms with van der Waals surface area (Å²) in [4.78, 5) is 0.885. The predicted octanol–water partition coefficient (Wildman–Crippen LogP) is 2.81. The maximum Gasteiger partial charge on any atom is 0.0532 e. The third-order valence-electron chi connectivity index (χ3n) is 2.68. The van der Waals surface area contributed by atoms with Gasteiger partial charge in [-0.2, -0.15) is 0 Å². The van der Waals surface area contributed by atoms with Gasteiger partial charge in [-0.15, -0.1) is 0 Å². The first kappa shape index (κ1) is 12.2. The van der Waals surface area contributed by atoms with E-state index < -0.39 is 10.8 Å². The van der Waals surface area contributed by atoms with Crippen LogP contribution in [-0.4, -0.2) is 9.96 Å². The molecular formula is C12H19NOS. The van der Waals surface area contributed by atoms with Crippen molar-refractivity contribution in [1.29, 1.82) is 0 Å². The molecule has 1 unspecified atom stereocenters. The summed E-state index contributed by atoms with van der Waals surface area (Å²) in [6.45, 7) is 4.29. The summed E-state index contributed by atoms with van der Waals surface area (Å²) in [5.74, 6) is 1.32. The lowest BCUT2D eigenvalue weighted by atomic mass is 10.1. The van der Waals surface area contributed by atoms with Crippen LogP contribution in [0, 0.1) is 5.92 Å². The Hall–Kier alpha value is -0.830. The largest absolute Gasteiger partial charge is 0.399 e. The van der Waals surface area contributed by atoms with Crippen LogP contribution >= 0.6 is 0 Å². The monoisotopic (exact) mass is 225 g/mol. The molecule has 1 aromatic rings. The molecule has 0 aliphatic rings. The van der Waals surface area contributed by atoms with Gasteiger partial charge in [0.2, 0.25) is 0 Å². The van der Waals surface area contributed by atoms with Crippen LogP contribution in [0.2, 0.25) is 0 Å². The van der Waals surface area contributed by atoms with Crippen LogP contribution in [0.1, 0.15) is 26.7 Å². The van der Waals surface area contributed by atoms with Crippen LogP contribution in [-0.2, 0) is 10.8 Å². The Kier molecular flexibility index (Phi) is 4.82. The Labute approximate surface area is 94.3 Å². The van der Waals surface area contributed by atoms with E-state index in [0.717, 1.165) is 29.2 Å². The number of nitrogens with two attached hydrogens (primary N) is 1. The topological polar surface area (TPSA) is 43.1 Å². The zero-order chi connectivity index (χ0) is 11.3. The summed E-state index contributed by atoms with van der Waals surface area (Å²) in [6.07, 6.45) is 2.19. The highest BCUT2D eigenvalue weighted by Gasteiger charge is 2.10. The lowest BCUT2D eigenvalue weighted by molar-refractivity contribution is 0.544. The normalized spacial score (nSPS) is 13.0. The van der Waals surface area contributed by atoms with E-state index in [4.69, 9.17) is 5.73 Å². The average Bonchev–Trinajstić information content (AvgIpc) is 2.26. The first-order chi connectivity index (χ1) is 7.17. The van der Waals surface area contributed by atoms with Crippen molar-refractivity contribution in [3.8, 4) is 0 Å². The van der Waals surface area contributed by atoms with E-state index >= 15 is 0 Å². The lowest BCUT2D eigenvalue weighted by Gasteiger charge is -2.11. The second kappa shape index (κ2) is 5.91. The highest BCUT2D eigenvalue weighted by Crippen LogP contribution is 2.15. The Morgan fingerprint density at radius 3 is 2.20 bits per heavy atom. The Morgan fingerprint density at radius 1 is 1.20 bits per heavy atom. The lowest BCUT2D eigenvalue weighted by Crippen LogP contribution is -2.09. The molecule has 0 radical (unpaired) electrons. The van der Waals surface area contributed by atoms with Gasteiger partial charge in [0.1, 0.15) is 0 Å². The molecule has 0 saturated heterocycles. The van der Waals surface area contributed by atoms with Crippen molar-refractivity contribution in [1.82, 2.24) is 0 Å². The molecule has 2 nitrogen and oxygen atoms in total. The van der Waals surface area contributed by atoms with E-state index in [1.807, 2.05) is 12.1 Å². The van der Waals surface area contributed by atoms with Gasteiger partial charge in [-0.25, -0.2) is 0 Å². The molecule has 84 valence electrons. The smallest absolute Gasteiger partial charge is 0.0532 e. The van der Waals surface area contributed by atoms with Gasteiger partial charge >= 0.3 is 0 Å². The first-order valence-electron chi connectivity index (χ1n) is 5.41. The van der Waals surface area contributed by atoms with E-state index in [-0.39, 0.29) is 0 Å². The minimum absolute atomic E-state index is 0.559. The van der Waals surface area contributed by atoms with Crippen molar-refractivity contribution < 1.29 is 4.21 Å². The van der Waals surface area contributed by atoms with Crippen LogP contribution in [0.5, 0.6) is 0 Å². The number of rotatable bonds is 5. The molecule has 0 aliphatic heterocycles. The maximum atomic E-state index is 12.0. The van der Waals surface area contributed by atoms with Crippen molar-refractivity contribution in [3.63, 3.8) is 0 Å². The molecule has 0 bridgehead atoms. The van der Waals surface area contributed by atoms with Crippen LogP contribution in [0.3, 0.4) is 0 Å². The number of hydrogen-bond donors (Lipinski definition) is 1. The molecule has 0 amide bonds. The van der Waals surface area contributed by atoms with Crippen molar-refractivity contribution in [2.75, 3.05) is 11.5 Å². The third kappa shape index (κ3) is 3.67. The highest BCUT2D eigenvalue weighted by atomic mass is 32.2. The van der Waals surface area contributed by atoms with E-state index in [1.165, 1.54) is 0 Å². The zero-order valence-electron chi connectivity index (χ0n) is 9.40. The van der Waals surface area contributed by atoms with E-state index in [1.54, 1.807) is 12.1 Å². The van der Waals surface area contributed by atoms with Crippen LogP contribution in [0.4, 0.5) is 5.69 Å². The summed E-state index contributed by atoms with van der Waals surface area (Å²) in [5.41, 5.74) is 6.30. The zero-order valence-corrected chi connectivity index (χ0v) is 10.2. The molecular weight excluding hydrogens is 206 g/mol. The number of anilines is 1. The molecule has 1 rings (SSSR count). The number of benzene rings is 1. The molecule has 1 aromatic carbocycles. The van der Waals surface area contributed by atoms with E-state index in [0.29, 0.717) is 5.92 Å². The molecule has 0 fully saturated rings. The Bertz CT molecular complexity index is 317. The molecule has 1 atom stereocenters. The Balaban J connectivity index is 2.64. The second-order valence-electron chi connectivity index (χ2n) is 3.76. The van der Waals surface area contributed by atoms with Gasteiger partial charge in [0.25, 0.3) is 0 Å². The number of hydrogen-bond acceptors (Lipinski definition) is 2. The second-order valence-corrected chi connectivity index (χ2v) is 5.26. The van der Waals surface area contributed by atoms with Gasteiger partial charge in [-0.05, 0) is 30.2 Å². The van der Waals surface area contributed by atoms with Crippen LogP contribution in [0.15, 0.2) is 29.2 Å². The van der Waals surface area contributed by atoms with Gasteiger partial charge in [-0.3, -0.25) is 4.21 Å². The van der Waals surface area contributed by atoms with E-state index in [9.17, 15) is 4.21 Å². The van der Waals surface area contributed by atoms with Gasteiger partial charge < -0.3 is 5.73 Å². The minimum atomic E-state index is -0.877. The van der Waals surface area contributed by atoms with Crippen molar-refractivity contribution >= 4 is 16.5 Å². The van der Waals surface area contributed by atoms with Crippen molar-refractivity contribution in [3.05, 3.63) is 24.3 Å².